The van der Waals surface area contributed by atoms with Gasteiger partial charge >= 0.3 is 6.03 Å². The number of urea groups is 1. The van der Waals surface area contributed by atoms with Crippen LogP contribution in [0.2, 0.25) is 5.02 Å². The van der Waals surface area contributed by atoms with Crippen molar-refractivity contribution < 1.29 is 24.1 Å². The molecule has 10 heteroatoms. The molecule has 0 bridgehead atoms. The summed E-state index contributed by atoms with van der Waals surface area (Å²) in [7, 11) is 1.53. The number of halogens is 1. The van der Waals surface area contributed by atoms with Crippen molar-refractivity contribution in [3.63, 3.8) is 0 Å². The van der Waals surface area contributed by atoms with E-state index in [1.54, 1.807) is 29.2 Å². The van der Waals surface area contributed by atoms with Gasteiger partial charge in [-0.1, -0.05) is 23.7 Å². The lowest BCUT2D eigenvalue weighted by Crippen LogP contribution is -3.15. The van der Waals surface area contributed by atoms with Crippen molar-refractivity contribution in [2.45, 2.75) is 0 Å². The van der Waals surface area contributed by atoms with Gasteiger partial charge in [-0.05, 0) is 12.1 Å². The quantitative estimate of drug-likeness (QED) is 0.605. The van der Waals surface area contributed by atoms with E-state index in [1.807, 2.05) is 0 Å². The van der Waals surface area contributed by atoms with Crippen LogP contribution in [-0.4, -0.2) is 91.3 Å². The van der Waals surface area contributed by atoms with E-state index >= 15 is 0 Å². The molecule has 2 N–H and O–H groups in total. The number of para-hydroxylation sites is 1. The molecule has 1 aromatic rings. The zero-order chi connectivity index (χ0) is 20.3. The number of amides is 5. The van der Waals surface area contributed by atoms with E-state index in [-0.39, 0.29) is 37.4 Å². The molecule has 9 nitrogen and oxygen atoms in total. The van der Waals surface area contributed by atoms with Crippen molar-refractivity contribution in [1.82, 2.24) is 14.7 Å². The predicted molar refractivity (Wildman–Crippen MR) is 102 cm³/mol. The molecular formula is C18H23ClN5O4+. The molecule has 0 aromatic heterocycles. The van der Waals surface area contributed by atoms with Crippen LogP contribution in [0.5, 0.6) is 0 Å². The zero-order valence-corrected chi connectivity index (χ0v) is 16.4. The fourth-order valence-electron chi connectivity index (χ4n) is 3.29. The van der Waals surface area contributed by atoms with Gasteiger partial charge in [0.05, 0.1) is 36.9 Å². The highest BCUT2D eigenvalue weighted by Crippen LogP contribution is 2.19. The third-order valence-electron chi connectivity index (χ3n) is 4.91. The number of rotatable bonds is 5. The van der Waals surface area contributed by atoms with Gasteiger partial charge in [0.2, 0.25) is 5.91 Å². The van der Waals surface area contributed by atoms with E-state index < -0.39 is 6.03 Å². The molecule has 0 saturated carbocycles. The summed E-state index contributed by atoms with van der Waals surface area (Å²) >= 11 is 6.04. The van der Waals surface area contributed by atoms with Crippen LogP contribution in [0.4, 0.5) is 10.5 Å². The Morgan fingerprint density at radius 2 is 1.86 bits per heavy atom. The Labute approximate surface area is 167 Å². The van der Waals surface area contributed by atoms with Gasteiger partial charge in [-0.3, -0.25) is 19.3 Å². The van der Waals surface area contributed by atoms with E-state index in [2.05, 4.69) is 5.32 Å². The second-order valence-electron chi connectivity index (χ2n) is 6.95. The molecule has 0 atom stereocenters. The number of imide groups is 1. The number of carbonyl (C=O) groups excluding carboxylic acids is 4. The lowest BCUT2D eigenvalue weighted by Gasteiger charge is -2.32. The lowest BCUT2D eigenvalue weighted by atomic mass is 10.3. The average molecular weight is 409 g/mol. The van der Waals surface area contributed by atoms with Crippen molar-refractivity contribution in [3.8, 4) is 0 Å². The van der Waals surface area contributed by atoms with Gasteiger partial charge in [0.15, 0.2) is 6.54 Å². The number of piperazine rings is 1. The van der Waals surface area contributed by atoms with E-state index in [0.717, 1.165) is 9.80 Å². The number of anilines is 1. The molecule has 150 valence electrons. The zero-order valence-electron chi connectivity index (χ0n) is 15.6. The maximum atomic E-state index is 12.4. The van der Waals surface area contributed by atoms with Crippen LogP contribution >= 0.6 is 11.6 Å². The minimum atomic E-state index is -0.446. The van der Waals surface area contributed by atoms with Gasteiger partial charge in [0.25, 0.3) is 11.8 Å². The summed E-state index contributed by atoms with van der Waals surface area (Å²) in [6.45, 7) is 2.22. The second kappa shape index (κ2) is 8.57. The number of hydrogen-bond donors (Lipinski definition) is 2. The van der Waals surface area contributed by atoms with Crippen LogP contribution in [0.15, 0.2) is 24.3 Å². The van der Waals surface area contributed by atoms with Gasteiger partial charge < -0.3 is 20.0 Å². The topological polar surface area (TPSA) is 94.5 Å². The second-order valence-corrected chi connectivity index (χ2v) is 7.36. The first kappa shape index (κ1) is 20.1. The highest BCUT2D eigenvalue weighted by molar-refractivity contribution is 6.33. The van der Waals surface area contributed by atoms with Crippen LogP contribution in [-0.2, 0) is 14.4 Å². The Morgan fingerprint density at radius 3 is 2.46 bits per heavy atom. The summed E-state index contributed by atoms with van der Waals surface area (Å²) in [5, 5.41) is 3.28. The lowest BCUT2D eigenvalue weighted by molar-refractivity contribution is -0.895. The number of benzene rings is 1. The van der Waals surface area contributed by atoms with Crippen molar-refractivity contribution in [1.29, 1.82) is 0 Å². The normalized spacial score (nSPS) is 18.0. The Bertz CT molecular complexity index is 794. The smallest absolute Gasteiger partial charge is 0.327 e. The molecular weight excluding hydrogens is 386 g/mol. The number of likely N-dealkylation sites (N-methyl/N-ethyl adjacent to an activating group) is 1. The molecule has 0 aliphatic carbocycles. The molecule has 2 heterocycles. The first-order chi connectivity index (χ1) is 13.3. The van der Waals surface area contributed by atoms with Crippen molar-refractivity contribution in [2.75, 3.05) is 58.2 Å². The number of carbonyl (C=O) groups is 4. The van der Waals surface area contributed by atoms with Gasteiger partial charge in [0, 0.05) is 7.05 Å². The monoisotopic (exact) mass is 408 g/mol. The summed E-state index contributed by atoms with van der Waals surface area (Å²) in [6.07, 6.45) is 0. The summed E-state index contributed by atoms with van der Waals surface area (Å²) in [6, 6.07) is 6.60. The summed E-state index contributed by atoms with van der Waals surface area (Å²) in [5.74, 6) is -0.753. The largest absolute Gasteiger partial charge is 0.330 e. The van der Waals surface area contributed by atoms with Crippen LogP contribution in [0.3, 0.4) is 0 Å². The molecule has 0 spiro atoms. The van der Waals surface area contributed by atoms with Crippen LogP contribution in [0.1, 0.15) is 0 Å². The standard InChI is InChI=1S/C18H22ClN5O4/c1-21-11-17(27)24(18(21)28)12-16(26)23-8-6-22(7-9-23)10-15(25)20-14-5-3-2-4-13(14)19/h2-5H,6-12H2,1H3,(H,20,25)/p+1. The average Bonchev–Trinajstić information content (AvgIpc) is 2.90. The Balaban J connectivity index is 1.44. The molecule has 2 fully saturated rings. The summed E-state index contributed by atoms with van der Waals surface area (Å²) in [5.41, 5.74) is 0.576. The fourth-order valence-corrected chi connectivity index (χ4v) is 3.48. The third-order valence-corrected chi connectivity index (χ3v) is 5.24. The van der Waals surface area contributed by atoms with E-state index in [1.165, 1.54) is 11.9 Å². The Hall–Kier alpha value is -2.65. The number of nitrogens with zero attached hydrogens (tertiary/aromatic N) is 3. The third kappa shape index (κ3) is 4.60. The molecule has 5 amide bonds. The Kier molecular flexibility index (Phi) is 6.15. The van der Waals surface area contributed by atoms with E-state index in [0.29, 0.717) is 36.9 Å². The maximum Gasteiger partial charge on any atom is 0.327 e. The van der Waals surface area contributed by atoms with Crippen molar-refractivity contribution in [2.24, 2.45) is 0 Å². The fraction of sp³-hybridized carbons (Fsp3) is 0.444. The van der Waals surface area contributed by atoms with Gasteiger partial charge in [-0.15, -0.1) is 0 Å². The van der Waals surface area contributed by atoms with Crippen LogP contribution in [0, 0.1) is 0 Å². The summed E-state index contributed by atoms with van der Waals surface area (Å²) in [4.78, 5) is 53.3. The molecule has 3 rings (SSSR count). The SMILES string of the molecule is CN1CC(=O)N(CC(=O)N2CC[NH+](CC(=O)Nc3ccccc3Cl)CC2)C1=O. The first-order valence-electron chi connectivity index (χ1n) is 9.06. The predicted octanol–water partition coefficient (Wildman–Crippen LogP) is -1.10. The maximum absolute atomic E-state index is 12.4. The van der Waals surface area contributed by atoms with Crippen LogP contribution in [0.25, 0.3) is 0 Å². The highest BCUT2D eigenvalue weighted by atomic mass is 35.5. The highest BCUT2D eigenvalue weighted by Gasteiger charge is 2.36. The number of quaternary nitrogens is 1. The minimum absolute atomic E-state index is 0.00455. The van der Waals surface area contributed by atoms with Crippen molar-refractivity contribution in [3.05, 3.63) is 29.3 Å². The first-order valence-corrected chi connectivity index (χ1v) is 9.44. The molecule has 0 radical (unpaired) electrons. The summed E-state index contributed by atoms with van der Waals surface area (Å²) < 4.78 is 0. The van der Waals surface area contributed by atoms with Gasteiger partial charge in [-0.25, -0.2) is 4.79 Å². The molecule has 2 saturated heterocycles. The van der Waals surface area contributed by atoms with E-state index in [4.69, 9.17) is 11.6 Å². The van der Waals surface area contributed by atoms with Crippen molar-refractivity contribution >= 4 is 41.0 Å². The van der Waals surface area contributed by atoms with E-state index in [9.17, 15) is 19.2 Å². The van der Waals surface area contributed by atoms with Gasteiger partial charge in [0.1, 0.15) is 13.1 Å². The molecule has 0 unspecified atom stereocenters. The number of nitrogens with one attached hydrogen (secondary N) is 2. The molecule has 1 aromatic carbocycles. The van der Waals surface area contributed by atoms with Crippen LogP contribution < -0.4 is 10.2 Å². The minimum Gasteiger partial charge on any atom is -0.330 e. The molecule has 2 aliphatic rings. The molecule has 28 heavy (non-hydrogen) atoms. The number of hydrogen-bond acceptors (Lipinski definition) is 4. The van der Waals surface area contributed by atoms with Gasteiger partial charge in [-0.2, -0.15) is 0 Å². The molecule has 2 aliphatic heterocycles. The Morgan fingerprint density at radius 1 is 1.18 bits per heavy atom.